The van der Waals surface area contributed by atoms with E-state index in [9.17, 15) is 9.90 Å². The first-order chi connectivity index (χ1) is 16.9. The van der Waals surface area contributed by atoms with E-state index < -0.39 is 18.2 Å². The van der Waals surface area contributed by atoms with E-state index in [1.165, 1.54) is 17.5 Å². The summed E-state index contributed by atoms with van der Waals surface area (Å²) in [5.41, 5.74) is 2.72. The number of carbonyl (C=O) groups is 1. The van der Waals surface area contributed by atoms with E-state index in [0.717, 1.165) is 21.8 Å². The lowest BCUT2D eigenvalue weighted by Crippen LogP contribution is -2.40. The molecule has 10 heteroatoms. The number of hydrogen-bond donors (Lipinski definition) is 2. The number of benzene rings is 2. The highest BCUT2D eigenvalue weighted by Crippen LogP contribution is 2.29. The Morgan fingerprint density at radius 1 is 1.14 bits per heavy atom. The highest BCUT2D eigenvalue weighted by Gasteiger charge is 2.40. The number of carboxylic acid groups (broad SMARTS) is 1. The first-order valence-corrected chi connectivity index (χ1v) is 12.7. The number of hydrogen-bond acceptors (Lipinski definition) is 7. The van der Waals surface area contributed by atoms with Crippen molar-refractivity contribution in [1.82, 2.24) is 9.99 Å². The molecule has 1 aliphatic heterocycles. The monoisotopic (exact) mass is 527 g/mol. The number of methoxy groups -OCH3 is 1. The van der Waals surface area contributed by atoms with Gasteiger partial charge < -0.3 is 14.9 Å². The fraction of sp³-hybridized carbons (Fsp3) is 0.280. The average molecular weight is 528 g/mol. The Labute approximate surface area is 218 Å². The van der Waals surface area contributed by atoms with Crippen molar-refractivity contribution in [3.8, 4) is 0 Å². The van der Waals surface area contributed by atoms with Crippen LogP contribution in [0.15, 0.2) is 60.8 Å². The number of thiazole rings is 1. The van der Waals surface area contributed by atoms with Crippen molar-refractivity contribution in [2.75, 3.05) is 18.7 Å². The van der Waals surface area contributed by atoms with Gasteiger partial charge in [-0.1, -0.05) is 66.9 Å². The van der Waals surface area contributed by atoms with Gasteiger partial charge in [0.05, 0.1) is 23.0 Å². The number of aromatic carboxylic acids is 1. The third kappa shape index (κ3) is 5.74. The number of aliphatic hydroxyl groups excluding tert-OH is 1. The second kappa shape index (κ2) is 11.3. The molecule has 0 aliphatic carbocycles. The molecule has 3 aromatic rings. The molecule has 0 spiro atoms. The van der Waals surface area contributed by atoms with Crippen LogP contribution in [0.3, 0.4) is 0 Å². The lowest BCUT2D eigenvalue weighted by molar-refractivity contribution is 0.0702. The third-order valence-electron chi connectivity index (χ3n) is 5.71. The molecule has 1 saturated heterocycles. The van der Waals surface area contributed by atoms with Gasteiger partial charge in [0.1, 0.15) is 14.9 Å². The number of rotatable bonds is 10. The van der Waals surface area contributed by atoms with Gasteiger partial charge in [-0.3, -0.25) is 5.01 Å². The van der Waals surface area contributed by atoms with Gasteiger partial charge in [-0.2, -0.15) is 0 Å². The summed E-state index contributed by atoms with van der Waals surface area (Å²) < 4.78 is 5.56. The molecule has 0 saturated carbocycles. The van der Waals surface area contributed by atoms with Gasteiger partial charge in [0.25, 0.3) is 0 Å². The van der Waals surface area contributed by atoms with Crippen LogP contribution in [0, 0.1) is 0 Å². The molecule has 4 rings (SSSR count). The van der Waals surface area contributed by atoms with E-state index in [4.69, 9.17) is 34.3 Å². The molecule has 7 nitrogen and oxygen atoms in total. The van der Waals surface area contributed by atoms with Crippen molar-refractivity contribution in [1.29, 1.82) is 0 Å². The van der Waals surface area contributed by atoms with Crippen LogP contribution in [0.4, 0.5) is 5.69 Å². The molecule has 1 aliphatic rings. The topological polar surface area (TPSA) is 86.1 Å². The Morgan fingerprint density at radius 3 is 2.49 bits per heavy atom. The molecule has 1 aromatic heterocycles. The van der Waals surface area contributed by atoms with Crippen LogP contribution in [-0.4, -0.2) is 55.9 Å². The van der Waals surface area contributed by atoms with Gasteiger partial charge >= 0.3 is 5.97 Å². The molecule has 2 aromatic carbocycles. The lowest BCUT2D eigenvalue weighted by Gasteiger charge is -2.30. The van der Waals surface area contributed by atoms with E-state index in [0.29, 0.717) is 35.8 Å². The van der Waals surface area contributed by atoms with E-state index in [-0.39, 0.29) is 4.88 Å². The molecular formula is C25H25N3O4S3. The van der Waals surface area contributed by atoms with Crippen molar-refractivity contribution >= 4 is 57.4 Å². The molecule has 0 bridgehead atoms. The second-order valence-electron chi connectivity index (χ2n) is 8.05. The summed E-state index contributed by atoms with van der Waals surface area (Å²) in [6.07, 6.45) is 2.15. The molecule has 182 valence electrons. The second-order valence-corrected chi connectivity index (χ2v) is 10.0. The molecule has 2 heterocycles. The summed E-state index contributed by atoms with van der Waals surface area (Å²) in [6.45, 7) is 0.569. The molecular weight excluding hydrogens is 502 g/mol. The molecule has 0 amide bonds. The highest BCUT2D eigenvalue weighted by atomic mass is 32.1. The van der Waals surface area contributed by atoms with Crippen molar-refractivity contribution in [2.45, 2.75) is 31.5 Å². The number of anilines is 1. The minimum atomic E-state index is -0.966. The smallest absolute Gasteiger partial charge is 0.347 e. The van der Waals surface area contributed by atoms with E-state index in [1.807, 2.05) is 64.6 Å². The highest BCUT2D eigenvalue weighted by molar-refractivity contribution is 7.82. The number of aromatic nitrogens is 1. The predicted octanol–water partition coefficient (Wildman–Crippen LogP) is 4.46. The average Bonchev–Trinajstić information content (AvgIpc) is 3.42. The van der Waals surface area contributed by atoms with Crippen molar-refractivity contribution in [3.05, 3.63) is 81.8 Å². The number of aryl methyl sites for hydroxylation is 1. The molecule has 2 N–H and O–H groups in total. The Hall–Kier alpha value is -2.76. The Kier molecular flexibility index (Phi) is 8.19. The van der Waals surface area contributed by atoms with E-state index >= 15 is 0 Å². The number of hydrazine groups is 1. The molecule has 1 fully saturated rings. The summed E-state index contributed by atoms with van der Waals surface area (Å²) >= 11 is 12.5. The first kappa shape index (κ1) is 25.3. The van der Waals surface area contributed by atoms with Gasteiger partial charge in [-0.25, -0.2) is 14.8 Å². The van der Waals surface area contributed by atoms with Crippen LogP contribution < -0.4 is 5.01 Å². The first-order valence-electron chi connectivity index (χ1n) is 11.1. The fourth-order valence-corrected chi connectivity index (χ4v) is 5.61. The lowest BCUT2D eigenvalue weighted by atomic mass is 10.0. The van der Waals surface area contributed by atoms with Crippen LogP contribution in [-0.2, 0) is 17.6 Å². The van der Waals surface area contributed by atoms with Gasteiger partial charge in [0.15, 0.2) is 6.10 Å². The predicted molar refractivity (Wildman–Crippen MR) is 144 cm³/mol. The third-order valence-corrected chi connectivity index (χ3v) is 7.57. The summed E-state index contributed by atoms with van der Waals surface area (Å²) in [5, 5.41) is 24.4. The summed E-state index contributed by atoms with van der Waals surface area (Å²) in [6, 6.07) is 17.5. The standard InChI is InChI=1S/C25H25N3O4S3/c1-32-22-23(33)27(13-5-8-21-26-15-20(35-21)25(30)31)28(24(22)34)18-11-9-17(10-12-18)19(29)14-16-6-3-2-4-7-16/h2-4,6-7,9-12,15,19,22,29H,5,8,13-14H2,1H3,(H,30,31). The number of aliphatic hydroxyl groups is 1. The molecule has 2 unspecified atom stereocenters. The molecule has 35 heavy (non-hydrogen) atoms. The number of carboxylic acids is 1. The summed E-state index contributed by atoms with van der Waals surface area (Å²) in [7, 11) is 1.58. The van der Waals surface area contributed by atoms with Gasteiger partial charge in [-0.05, 0) is 29.7 Å². The fourth-order valence-electron chi connectivity index (χ4n) is 3.95. The number of ether oxygens (including phenoxy) is 1. The zero-order valence-corrected chi connectivity index (χ0v) is 21.5. The van der Waals surface area contributed by atoms with Crippen LogP contribution in [0.1, 0.15) is 38.3 Å². The Morgan fingerprint density at radius 2 is 1.86 bits per heavy atom. The maximum Gasteiger partial charge on any atom is 0.347 e. The Bertz CT molecular complexity index is 1200. The summed E-state index contributed by atoms with van der Waals surface area (Å²) in [5.74, 6) is -0.966. The van der Waals surface area contributed by atoms with Crippen LogP contribution in [0.25, 0.3) is 0 Å². The molecule has 2 atom stereocenters. The van der Waals surface area contributed by atoms with Crippen molar-refractivity contribution in [2.24, 2.45) is 0 Å². The van der Waals surface area contributed by atoms with E-state index in [1.54, 1.807) is 7.11 Å². The zero-order valence-electron chi connectivity index (χ0n) is 19.0. The minimum Gasteiger partial charge on any atom is -0.477 e. The van der Waals surface area contributed by atoms with Crippen LogP contribution in [0.5, 0.6) is 0 Å². The maximum atomic E-state index is 11.1. The largest absolute Gasteiger partial charge is 0.477 e. The Balaban J connectivity index is 1.46. The number of thiocarbonyl (C=S) groups is 2. The SMILES string of the molecule is COC1C(=S)N(CCCc2ncc(C(=O)O)s2)N(c2ccc(C(O)Cc3ccccc3)cc2)C1=S. The van der Waals surface area contributed by atoms with Crippen LogP contribution in [0.2, 0.25) is 0 Å². The van der Waals surface area contributed by atoms with Crippen molar-refractivity contribution < 1.29 is 19.7 Å². The normalized spacial score (nSPS) is 16.7. The van der Waals surface area contributed by atoms with Crippen molar-refractivity contribution in [3.63, 3.8) is 0 Å². The summed E-state index contributed by atoms with van der Waals surface area (Å²) in [4.78, 5) is 16.7. The maximum absolute atomic E-state index is 11.1. The minimum absolute atomic E-state index is 0.230. The van der Waals surface area contributed by atoms with Gasteiger partial charge in [0, 0.05) is 26.5 Å². The van der Waals surface area contributed by atoms with Gasteiger partial charge in [0.2, 0.25) is 0 Å². The number of nitrogens with zero attached hydrogens (tertiary/aromatic N) is 3. The molecule has 0 radical (unpaired) electrons. The van der Waals surface area contributed by atoms with Gasteiger partial charge in [-0.15, -0.1) is 11.3 Å². The zero-order chi connectivity index (χ0) is 24.9. The van der Waals surface area contributed by atoms with E-state index in [2.05, 4.69) is 4.98 Å². The van der Waals surface area contributed by atoms with Crippen LogP contribution >= 0.6 is 35.8 Å². The quantitative estimate of drug-likeness (QED) is 0.371.